The van der Waals surface area contributed by atoms with E-state index in [0.29, 0.717) is 29.6 Å². The van der Waals surface area contributed by atoms with Crippen LogP contribution in [0.1, 0.15) is 18.9 Å². The number of amides is 1. The topological polar surface area (TPSA) is 113 Å². The molecule has 0 fully saturated rings. The zero-order valence-electron chi connectivity index (χ0n) is 16.3. The van der Waals surface area contributed by atoms with Crippen LogP contribution < -0.4 is 15.4 Å². The zero-order valence-corrected chi connectivity index (χ0v) is 17.2. The van der Waals surface area contributed by atoms with Crippen LogP contribution in [0.2, 0.25) is 0 Å². The predicted octanol–water partition coefficient (Wildman–Crippen LogP) is 3.07. The molecular formula is C21H21N5O3S. The molecule has 9 heteroatoms. The standard InChI is InChI=1S/C21H21N5O3S/c1-2-11-23-30(28,29)16-9-7-15(8-10-16)24-21-22-13-14-12-19(27)25-18-6-4-3-5-17(18)20(14)26-21/h3-10,13,23H,2,11-12H2,1H3,(H,25,27)(H,22,24,26). The number of nitrogens with zero attached hydrogens (tertiary/aromatic N) is 2. The molecule has 30 heavy (non-hydrogen) atoms. The van der Waals surface area contributed by atoms with Crippen molar-refractivity contribution in [2.24, 2.45) is 0 Å². The lowest BCUT2D eigenvalue weighted by Crippen LogP contribution is -2.24. The summed E-state index contributed by atoms with van der Waals surface area (Å²) in [5, 5.41) is 5.98. The summed E-state index contributed by atoms with van der Waals surface area (Å²) in [5.74, 6) is 0.247. The van der Waals surface area contributed by atoms with Crippen molar-refractivity contribution in [3.8, 4) is 11.3 Å². The number of para-hydroxylation sites is 1. The van der Waals surface area contributed by atoms with E-state index in [0.717, 1.165) is 17.5 Å². The first-order valence-corrected chi connectivity index (χ1v) is 11.1. The van der Waals surface area contributed by atoms with Gasteiger partial charge in [-0.3, -0.25) is 4.79 Å². The molecule has 8 nitrogen and oxygen atoms in total. The fraction of sp³-hybridized carbons (Fsp3) is 0.190. The molecule has 0 unspecified atom stereocenters. The third kappa shape index (κ3) is 4.17. The summed E-state index contributed by atoms with van der Waals surface area (Å²) in [6.07, 6.45) is 2.56. The number of hydrogen-bond acceptors (Lipinski definition) is 6. The number of fused-ring (bicyclic) bond motifs is 3. The third-order valence-electron chi connectivity index (χ3n) is 4.63. The average Bonchev–Trinajstić information content (AvgIpc) is 2.88. The highest BCUT2D eigenvalue weighted by Gasteiger charge is 2.20. The number of rotatable bonds is 6. The third-order valence-corrected chi connectivity index (χ3v) is 6.11. The van der Waals surface area contributed by atoms with E-state index in [9.17, 15) is 13.2 Å². The Labute approximate surface area is 174 Å². The summed E-state index contributed by atoms with van der Waals surface area (Å²) in [6.45, 7) is 2.30. The Bertz CT molecular complexity index is 1190. The second-order valence-corrected chi connectivity index (χ2v) is 8.65. The summed E-state index contributed by atoms with van der Waals surface area (Å²) >= 11 is 0. The molecule has 0 atom stereocenters. The van der Waals surface area contributed by atoms with Gasteiger partial charge in [-0.25, -0.2) is 23.1 Å². The SMILES string of the molecule is CCCNS(=O)(=O)c1ccc(Nc2ncc3c(n2)-c2ccccc2NC(=O)C3)cc1. The average molecular weight is 423 g/mol. The van der Waals surface area contributed by atoms with E-state index in [-0.39, 0.29) is 17.2 Å². The van der Waals surface area contributed by atoms with Gasteiger partial charge in [0.25, 0.3) is 0 Å². The molecule has 0 bridgehead atoms. The quantitative estimate of drug-likeness (QED) is 0.562. The van der Waals surface area contributed by atoms with Crippen molar-refractivity contribution in [2.75, 3.05) is 17.2 Å². The molecule has 3 N–H and O–H groups in total. The number of hydrogen-bond donors (Lipinski definition) is 3. The minimum absolute atomic E-state index is 0.112. The van der Waals surface area contributed by atoms with Gasteiger partial charge in [-0.15, -0.1) is 0 Å². The van der Waals surface area contributed by atoms with Crippen LogP contribution in [-0.2, 0) is 21.2 Å². The Kier molecular flexibility index (Phi) is 5.47. The van der Waals surface area contributed by atoms with Gasteiger partial charge in [0, 0.05) is 29.6 Å². The normalized spacial score (nSPS) is 13.0. The first-order chi connectivity index (χ1) is 14.5. The van der Waals surface area contributed by atoms with Crippen LogP contribution in [0.25, 0.3) is 11.3 Å². The molecular weight excluding hydrogens is 402 g/mol. The molecule has 0 saturated heterocycles. The van der Waals surface area contributed by atoms with Crippen LogP contribution in [0.15, 0.2) is 59.6 Å². The van der Waals surface area contributed by atoms with E-state index in [1.165, 1.54) is 12.1 Å². The van der Waals surface area contributed by atoms with Crippen molar-refractivity contribution in [1.82, 2.24) is 14.7 Å². The fourth-order valence-electron chi connectivity index (χ4n) is 3.16. The van der Waals surface area contributed by atoms with E-state index >= 15 is 0 Å². The van der Waals surface area contributed by atoms with E-state index in [1.807, 2.05) is 31.2 Å². The molecule has 0 radical (unpaired) electrons. The first-order valence-electron chi connectivity index (χ1n) is 9.58. The summed E-state index contributed by atoms with van der Waals surface area (Å²) in [4.78, 5) is 21.3. The lowest BCUT2D eigenvalue weighted by atomic mass is 10.1. The van der Waals surface area contributed by atoms with Crippen LogP contribution in [0, 0.1) is 0 Å². The van der Waals surface area contributed by atoms with Crippen LogP contribution in [-0.4, -0.2) is 30.8 Å². The number of sulfonamides is 1. The van der Waals surface area contributed by atoms with E-state index in [1.54, 1.807) is 18.3 Å². The Balaban J connectivity index is 1.60. The van der Waals surface area contributed by atoms with Crippen molar-refractivity contribution in [3.05, 3.63) is 60.3 Å². The highest BCUT2D eigenvalue weighted by atomic mass is 32.2. The van der Waals surface area contributed by atoms with Gasteiger partial charge in [-0.2, -0.15) is 0 Å². The number of carbonyl (C=O) groups is 1. The molecule has 154 valence electrons. The maximum Gasteiger partial charge on any atom is 0.240 e. The summed E-state index contributed by atoms with van der Waals surface area (Å²) < 4.78 is 27.0. The summed E-state index contributed by atoms with van der Waals surface area (Å²) in [5.41, 5.74) is 3.61. The molecule has 4 rings (SSSR count). The predicted molar refractivity (Wildman–Crippen MR) is 115 cm³/mol. The number of nitrogens with one attached hydrogen (secondary N) is 3. The highest BCUT2D eigenvalue weighted by molar-refractivity contribution is 7.89. The Hall–Kier alpha value is -3.30. The lowest BCUT2D eigenvalue weighted by Gasteiger charge is -2.11. The molecule has 1 aliphatic heterocycles. The van der Waals surface area contributed by atoms with E-state index in [2.05, 4.69) is 25.3 Å². The van der Waals surface area contributed by atoms with Gasteiger partial charge in [0.15, 0.2) is 0 Å². The second-order valence-electron chi connectivity index (χ2n) is 6.89. The van der Waals surface area contributed by atoms with Crippen LogP contribution in [0.4, 0.5) is 17.3 Å². The van der Waals surface area contributed by atoms with Crippen molar-refractivity contribution in [1.29, 1.82) is 0 Å². The lowest BCUT2D eigenvalue weighted by molar-refractivity contribution is -0.115. The first kappa shape index (κ1) is 20.0. The highest BCUT2D eigenvalue weighted by Crippen LogP contribution is 2.32. The Morgan fingerprint density at radius 3 is 2.63 bits per heavy atom. The van der Waals surface area contributed by atoms with Crippen molar-refractivity contribution < 1.29 is 13.2 Å². The monoisotopic (exact) mass is 423 g/mol. The number of carbonyl (C=O) groups excluding carboxylic acids is 1. The molecule has 2 aromatic carbocycles. The summed E-state index contributed by atoms with van der Waals surface area (Å²) in [7, 11) is -3.51. The number of anilines is 3. The molecule has 0 spiro atoms. The van der Waals surface area contributed by atoms with Crippen LogP contribution in [0.5, 0.6) is 0 Å². The molecule has 0 aliphatic carbocycles. The van der Waals surface area contributed by atoms with Gasteiger partial charge in [-0.1, -0.05) is 25.1 Å². The van der Waals surface area contributed by atoms with Crippen molar-refractivity contribution in [2.45, 2.75) is 24.7 Å². The zero-order chi connectivity index (χ0) is 21.1. The van der Waals surface area contributed by atoms with Crippen molar-refractivity contribution in [3.63, 3.8) is 0 Å². The number of aromatic nitrogens is 2. The Morgan fingerprint density at radius 1 is 1.10 bits per heavy atom. The Morgan fingerprint density at radius 2 is 1.87 bits per heavy atom. The maximum atomic E-state index is 12.2. The summed E-state index contributed by atoms with van der Waals surface area (Å²) in [6, 6.07) is 13.9. The van der Waals surface area contributed by atoms with Gasteiger partial charge in [-0.05, 0) is 36.8 Å². The van der Waals surface area contributed by atoms with Crippen LogP contribution >= 0.6 is 0 Å². The fourth-order valence-corrected chi connectivity index (χ4v) is 4.30. The maximum absolute atomic E-state index is 12.2. The molecule has 1 amide bonds. The van der Waals surface area contributed by atoms with Gasteiger partial charge >= 0.3 is 0 Å². The smallest absolute Gasteiger partial charge is 0.240 e. The number of benzene rings is 2. The van der Waals surface area contributed by atoms with Crippen molar-refractivity contribution >= 4 is 33.3 Å². The minimum Gasteiger partial charge on any atom is -0.325 e. The molecule has 3 aromatic rings. The molecule has 1 aliphatic rings. The van der Waals surface area contributed by atoms with E-state index in [4.69, 9.17) is 0 Å². The molecule has 0 saturated carbocycles. The minimum atomic E-state index is -3.51. The van der Waals surface area contributed by atoms with E-state index < -0.39 is 10.0 Å². The molecule has 1 aromatic heterocycles. The van der Waals surface area contributed by atoms with Gasteiger partial charge in [0.1, 0.15) is 0 Å². The van der Waals surface area contributed by atoms with Gasteiger partial charge in [0.05, 0.1) is 22.7 Å². The van der Waals surface area contributed by atoms with Gasteiger partial charge in [0.2, 0.25) is 21.9 Å². The molecule has 2 heterocycles. The largest absolute Gasteiger partial charge is 0.325 e. The van der Waals surface area contributed by atoms with Crippen LogP contribution in [0.3, 0.4) is 0 Å². The van der Waals surface area contributed by atoms with Gasteiger partial charge < -0.3 is 10.6 Å². The second kappa shape index (κ2) is 8.21.